The van der Waals surface area contributed by atoms with E-state index in [2.05, 4.69) is 56.9 Å². The highest BCUT2D eigenvalue weighted by atomic mass is 16.2. The molecule has 0 radical (unpaired) electrons. The molecular formula is C28H34N4O. The van der Waals surface area contributed by atoms with Crippen molar-refractivity contribution in [2.75, 3.05) is 31.1 Å². The van der Waals surface area contributed by atoms with Crippen molar-refractivity contribution in [1.29, 1.82) is 0 Å². The quantitative estimate of drug-likeness (QED) is 0.512. The smallest absolute Gasteiger partial charge is 0.230 e. The van der Waals surface area contributed by atoms with Crippen LogP contribution in [0.5, 0.6) is 0 Å². The molecule has 172 valence electrons. The summed E-state index contributed by atoms with van der Waals surface area (Å²) >= 11 is 0. The van der Waals surface area contributed by atoms with E-state index in [4.69, 9.17) is 9.97 Å². The van der Waals surface area contributed by atoms with Gasteiger partial charge in [0.1, 0.15) is 5.82 Å². The number of rotatable bonds is 6. The Morgan fingerprint density at radius 2 is 1.52 bits per heavy atom. The summed E-state index contributed by atoms with van der Waals surface area (Å²) in [5.74, 6) is 2.26. The summed E-state index contributed by atoms with van der Waals surface area (Å²) in [6, 6.07) is 20.3. The molecule has 2 heterocycles. The SMILES string of the molecule is CC[C@@H](C(=O)N1CCN(c2nc(-c3ccccc3)nc(C)c2C(C)C)CC1)c1ccccc1. The van der Waals surface area contributed by atoms with Crippen molar-refractivity contribution in [3.8, 4) is 11.4 Å². The number of hydrogen-bond acceptors (Lipinski definition) is 4. The van der Waals surface area contributed by atoms with Gasteiger partial charge in [0.2, 0.25) is 5.91 Å². The fourth-order valence-corrected chi connectivity index (χ4v) is 4.80. The molecule has 1 aliphatic rings. The first-order valence-electron chi connectivity index (χ1n) is 12.0. The molecule has 3 aromatic rings. The molecule has 2 aromatic carbocycles. The molecule has 5 heteroatoms. The summed E-state index contributed by atoms with van der Waals surface area (Å²) in [7, 11) is 0. The third kappa shape index (κ3) is 4.92. The van der Waals surface area contributed by atoms with Crippen LogP contribution in [0.1, 0.15) is 55.8 Å². The van der Waals surface area contributed by atoms with Gasteiger partial charge in [0.25, 0.3) is 0 Å². The maximum absolute atomic E-state index is 13.3. The van der Waals surface area contributed by atoms with Gasteiger partial charge in [0.05, 0.1) is 5.92 Å². The fraction of sp³-hybridized carbons (Fsp3) is 0.393. The predicted molar refractivity (Wildman–Crippen MR) is 135 cm³/mol. The predicted octanol–water partition coefficient (Wildman–Crippen LogP) is 5.42. The molecule has 1 atom stereocenters. The normalized spacial score (nSPS) is 15.1. The molecule has 33 heavy (non-hydrogen) atoms. The second-order valence-corrected chi connectivity index (χ2v) is 9.07. The highest BCUT2D eigenvalue weighted by Gasteiger charge is 2.29. The van der Waals surface area contributed by atoms with E-state index >= 15 is 0 Å². The molecule has 5 nitrogen and oxygen atoms in total. The first-order chi connectivity index (χ1) is 16.0. The first-order valence-corrected chi connectivity index (χ1v) is 12.0. The first kappa shape index (κ1) is 23.0. The van der Waals surface area contributed by atoms with Gasteiger partial charge in [-0.15, -0.1) is 0 Å². The second-order valence-electron chi connectivity index (χ2n) is 9.07. The van der Waals surface area contributed by atoms with Crippen LogP contribution in [0, 0.1) is 6.92 Å². The van der Waals surface area contributed by atoms with E-state index in [0.29, 0.717) is 19.0 Å². The minimum Gasteiger partial charge on any atom is -0.353 e. The van der Waals surface area contributed by atoms with E-state index in [0.717, 1.165) is 48.0 Å². The maximum atomic E-state index is 13.3. The van der Waals surface area contributed by atoms with Crippen molar-refractivity contribution in [3.63, 3.8) is 0 Å². The van der Waals surface area contributed by atoms with Crippen LogP contribution < -0.4 is 4.90 Å². The van der Waals surface area contributed by atoms with Crippen molar-refractivity contribution in [2.24, 2.45) is 0 Å². The van der Waals surface area contributed by atoms with E-state index in [-0.39, 0.29) is 11.8 Å². The minimum atomic E-state index is -0.0741. The summed E-state index contributed by atoms with van der Waals surface area (Å²) in [6.45, 7) is 11.6. The zero-order chi connectivity index (χ0) is 23.4. The minimum absolute atomic E-state index is 0.0741. The monoisotopic (exact) mass is 442 g/mol. The molecular weight excluding hydrogens is 408 g/mol. The van der Waals surface area contributed by atoms with E-state index in [1.165, 1.54) is 5.56 Å². The Kier molecular flexibility index (Phi) is 7.07. The third-order valence-electron chi connectivity index (χ3n) is 6.52. The van der Waals surface area contributed by atoms with E-state index in [1.807, 2.05) is 41.3 Å². The number of aromatic nitrogens is 2. The van der Waals surface area contributed by atoms with Gasteiger partial charge in [-0.3, -0.25) is 4.79 Å². The molecule has 0 N–H and O–H groups in total. The number of carbonyl (C=O) groups is 1. The fourth-order valence-electron chi connectivity index (χ4n) is 4.80. The van der Waals surface area contributed by atoms with Gasteiger partial charge >= 0.3 is 0 Å². The average molecular weight is 443 g/mol. The zero-order valence-corrected chi connectivity index (χ0v) is 20.2. The van der Waals surface area contributed by atoms with Crippen molar-refractivity contribution in [2.45, 2.75) is 46.0 Å². The lowest BCUT2D eigenvalue weighted by atomic mass is 9.94. The Labute approximate surface area is 197 Å². The van der Waals surface area contributed by atoms with Crippen LogP contribution in [0.2, 0.25) is 0 Å². The van der Waals surface area contributed by atoms with Crippen molar-refractivity contribution < 1.29 is 4.79 Å². The lowest BCUT2D eigenvalue weighted by molar-refractivity contribution is -0.133. The molecule has 4 rings (SSSR count). The number of piperazine rings is 1. The molecule has 1 aromatic heterocycles. The lowest BCUT2D eigenvalue weighted by Crippen LogP contribution is -2.50. The van der Waals surface area contributed by atoms with Crippen LogP contribution in [-0.4, -0.2) is 47.0 Å². The molecule has 1 aliphatic heterocycles. The molecule has 0 saturated carbocycles. The van der Waals surface area contributed by atoms with Gasteiger partial charge < -0.3 is 9.80 Å². The summed E-state index contributed by atoms with van der Waals surface area (Å²) < 4.78 is 0. The van der Waals surface area contributed by atoms with Gasteiger partial charge in [0, 0.05) is 43.0 Å². The molecule has 1 fully saturated rings. The van der Waals surface area contributed by atoms with Gasteiger partial charge in [-0.25, -0.2) is 9.97 Å². The number of aryl methyl sites for hydroxylation is 1. The summed E-state index contributed by atoms with van der Waals surface area (Å²) in [6.07, 6.45) is 0.812. The number of anilines is 1. The third-order valence-corrected chi connectivity index (χ3v) is 6.52. The van der Waals surface area contributed by atoms with Crippen LogP contribution in [0.25, 0.3) is 11.4 Å². The number of carbonyl (C=O) groups excluding carboxylic acids is 1. The lowest BCUT2D eigenvalue weighted by Gasteiger charge is -2.38. The van der Waals surface area contributed by atoms with E-state index in [9.17, 15) is 4.79 Å². The van der Waals surface area contributed by atoms with E-state index < -0.39 is 0 Å². The van der Waals surface area contributed by atoms with Gasteiger partial charge in [-0.2, -0.15) is 0 Å². The number of nitrogens with zero attached hydrogens (tertiary/aromatic N) is 4. The van der Waals surface area contributed by atoms with Crippen LogP contribution in [0.15, 0.2) is 60.7 Å². The molecule has 1 saturated heterocycles. The number of benzene rings is 2. The molecule has 1 amide bonds. The molecule has 0 spiro atoms. The van der Waals surface area contributed by atoms with Gasteiger partial charge in [-0.1, -0.05) is 81.4 Å². The highest BCUT2D eigenvalue weighted by Crippen LogP contribution is 2.32. The van der Waals surface area contributed by atoms with Crippen molar-refractivity contribution in [1.82, 2.24) is 14.9 Å². The Bertz CT molecular complexity index is 1070. The van der Waals surface area contributed by atoms with Crippen LogP contribution in [0.4, 0.5) is 5.82 Å². The van der Waals surface area contributed by atoms with Crippen molar-refractivity contribution in [3.05, 3.63) is 77.5 Å². The number of hydrogen-bond donors (Lipinski definition) is 0. The Hall–Kier alpha value is -3.21. The van der Waals surface area contributed by atoms with Gasteiger partial charge in [-0.05, 0) is 24.8 Å². The molecule has 0 aliphatic carbocycles. The standard InChI is InChI=1S/C28H34N4O/c1-5-24(22-12-8-6-9-13-22)28(33)32-18-16-31(17-19-32)27-25(20(2)3)21(4)29-26(30-27)23-14-10-7-11-15-23/h6-15,20,24H,5,16-19H2,1-4H3/t24-/m1/s1. The maximum Gasteiger partial charge on any atom is 0.230 e. The van der Waals surface area contributed by atoms with Crippen LogP contribution in [0.3, 0.4) is 0 Å². The molecule has 0 bridgehead atoms. The second kappa shape index (κ2) is 10.2. The topological polar surface area (TPSA) is 49.3 Å². The summed E-state index contributed by atoms with van der Waals surface area (Å²) in [5.41, 5.74) is 4.36. The van der Waals surface area contributed by atoms with E-state index in [1.54, 1.807) is 0 Å². The Morgan fingerprint density at radius 1 is 0.909 bits per heavy atom. The Morgan fingerprint density at radius 3 is 2.09 bits per heavy atom. The highest BCUT2D eigenvalue weighted by molar-refractivity contribution is 5.84. The van der Waals surface area contributed by atoms with Gasteiger partial charge in [0.15, 0.2) is 5.82 Å². The largest absolute Gasteiger partial charge is 0.353 e. The summed E-state index contributed by atoms with van der Waals surface area (Å²) in [4.78, 5) is 27.5. The summed E-state index contributed by atoms with van der Waals surface area (Å²) in [5, 5.41) is 0. The van der Waals surface area contributed by atoms with Crippen LogP contribution in [-0.2, 0) is 4.79 Å². The average Bonchev–Trinajstić information content (AvgIpc) is 2.85. The van der Waals surface area contributed by atoms with Crippen LogP contribution >= 0.6 is 0 Å². The van der Waals surface area contributed by atoms with Crippen molar-refractivity contribution >= 4 is 11.7 Å². The molecule has 0 unspecified atom stereocenters. The number of amides is 1. The zero-order valence-electron chi connectivity index (χ0n) is 20.2. The Balaban J connectivity index is 1.55.